The van der Waals surface area contributed by atoms with E-state index >= 15 is 0 Å². The lowest BCUT2D eigenvalue weighted by Gasteiger charge is -2.15. The molecule has 1 heterocycles. The Morgan fingerprint density at radius 2 is 1.80 bits per heavy atom. The number of alkyl halides is 3. The minimum atomic E-state index is -4.29. The number of rotatable bonds is 4. The minimum Gasteiger partial charge on any atom is -0.468 e. The first-order valence-corrected chi connectivity index (χ1v) is 6.31. The standard InChI is InChI=1S/C15H16F3NO/c1-10-7-8-20-14(10)9-19-11(2)12-3-5-13(6-4-12)15(16,17)18/h3-8,11,19H,9H2,1-2H3. The van der Waals surface area contributed by atoms with Gasteiger partial charge >= 0.3 is 6.18 Å². The molecule has 0 saturated carbocycles. The van der Waals surface area contributed by atoms with Crippen molar-refractivity contribution in [2.24, 2.45) is 0 Å². The number of benzene rings is 1. The van der Waals surface area contributed by atoms with Crippen molar-refractivity contribution in [2.75, 3.05) is 0 Å². The van der Waals surface area contributed by atoms with Crippen LogP contribution in [0.25, 0.3) is 0 Å². The Kier molecular flexibility index (Phi) is 4.18. The van der Waals surface area contributed by atoms with Gasteiger partial charge in [0.1, 0.15) is 5.76 Å². The van der Waals surface area contributed by atoms with Gasteiger partial charge in [-0.25, -0.2) is 0 Å². The Morgan fingerprint density at radius 3 is 2.30 bits per heavy atom. The van der Waals surface area contributed by atoms with Crippen molar-refractivity contribution in [3.8, 4) is 0 Å². The predicted octanol–water partition coefficient (Wildman–Crippen LogP) is 4.46. The van der Waals surface area contributed by atoms with Crippen LogP contribution in [0.5, 0.6) is 0 Å². The van der Waals surface area contributed by atoms with Gasteiger partial charge in [0.2, 0.25) is 0 Å². The van der Waals surface area contributed by atoms with Crippen LogP contribution in [0.4, 0.5) is 13.2 Å². The molecule has 108 valence electrons. The van der Waals surface area contributed by atoms with E-state index in [1.165, 1.54) is 12.1 Å². The van der Waals surface area contributed by atoms with E-state index in [0.717, 1.165) is 29.0 Å². The molecule has 20 heavy (non-hydrogen) atoms. The molecule has 0 saturated heterocycles. The van der Waals surface area contributed by atoms with E-state index in [9.17, 15) is 13.2 Å². The fourth-order valence-corrected chi connectivity index (χ4v) is 1.91. The quantitative estimate of drug-likeness (QED) is 0.896. The Labute approximate surface area is 115 Å². The molecule has 2 nitrogen and oxygen atoms in total. The highest BCUT2D eigenvalue weighted by Crippen LogP contribution is 2.29. The third-order valence-electron chi connectivity index (χ3n) is 3.27. The number of nitrogens with one attached hydrogen (secondary N) is 1. The molecule has 1 atom stereocenters. The maximum Gasteiger partial charge on any atom is 0.416 e. The van der Waals surface area contributed by atoms with E-state index in [4.69, 9.17) is 4.42 Å². The first kappa shape index (κ1) is 14.7. The number of halogens is 3. The molecule has 0 aliphatic heterocycles. The van der Waals surface area contributed by atoms with Gasteiger partial charge in [-0.05, 0) is 43.2 Å². The first-order valence-electron chi connectivity index (χ1n) is 6.31. The molecule has 0 fully saturated rings. The van der Waals surface area contributed by atoms with Gasteiger partial charge in [0, 0.05) is 6.04 Å². The van der Waals surface area contributed by atoms with E-state index in [-0.39, 0.29) is 6.04 Å². The zero-order chi connectivity index (χ0) is 14.8. The summed E-state index contributed by atoms with van der Waals surface area (Å²) >= 11 is 0. The fourth-order valence-electron chi connectivity index (χ4n) is 1.91. The SMILES string of the molecule is Cc1ccoc1CNC(C)c1ccc(C(F)(F)F)cc1. The molecule has 0 spiro atoms. The Balaban J connectivity index is 1.99. The number of hydrogen-bond acceptors (Lipinski definition) is 2. The minimum absolute atomic E-state index is 0.0539. The van der Waals surface area contributed by atoms with Crippen LogP contribution in [0, 0.1) is 6.92 Å². The van der Waals surface area contributed by atoms with Crippen molar-refractivity contribution >= 4 is 0 Å². The Hall–Kier alpha value is -1.75. The Morgan fingerprint density at radius 1 is 1.15 bits per heavy atom. The highest BCUT2D eigenvalue weighted by atomic mass is 19.4. The zero-order valence-electron chi connectivity index (χ0n) is 11.3. The molecule has 0 radical (unpaired) electrons. The smallest absolute Gasteiger partial charge is 0.416 e. The number of aryl methyl sites for hydroxylation is 1. The second-order valence-corrected chi connectivity index (χ2v) is 4.75. The molecule has 1 aromatic carbocycles. The van der Waals surface area contributed by atoms with Crippen LogP contribution in [-0.4, -0.2) is 0 Å². The fraction of sp³-hybridized carbons (Fsp3) is 0.333. The molecule has 0 aliphatic rings. The molecule has 0 aliphatic carbocycles. The molecule has 0 bridgehead atoms. The molecular formula is C15H16F3NO. The molecule has 5 heteroatoms. The monoisotopic (exact) mass is 283 g/mol. The lowest BCUT2D eigenvalue weighted by molar-refractivity contribution is -0.137. The normalized spacial score (nSPS) is 13.4. The summed E-state index contributed by atoms with van der Waals surface area (Å²) in [6.45, 7) is 4.39. The van der Waals surface area contributed by atoms with Crippen LogP contribution in [0.15, 0.2) is 41.0 Å². The number of furan rings is 1. The highest BCUT2D eigenvalue weighted by Gasteiger charge is 2.30. The van der Waals surface area contributed by atoms with Crippen LogP contribution < -0.4 is 5.32 Å². The van der Waals surface area contributed by atoms with Crippen molar-refractivity contribution in [2.45, 2.75) is 32.6 Å². The average molecular weight is 283 g/mol. The van der Waals surface area contributed by atoms with Crippen molar-refractivity contribution in [3.05, 3.63) is 59.0 Å². The predicted molar refractivity (Wildman–Crippen MR) is 70.1 cm³/mol. The second-order valence-electron chi connectivity index (χ2n) is 4.75. The van der Waals surface area contributed by atoms with Crippen molar-refractivity contribution in [1.29, 1.82) is 0 Å². The van der Waals surface area contributed by atoms with Crippen molar-refractivity contribution in [1.82, 2.24) is 5.32 Å². The average Bonchev–Trinajstić information content (AvgIpc) is 2.81. The second kappa shape index (κ2) is 5.71. The van der Waals surface area contributed by atoms with Crippen LogP contribution in [0.2, 0.25) is 0 Å². The molecule has 1 N–H and O–H groups in total. The van der Waals surface area contributed by atoms with Crippen LogP contribution >= 0.6 is 0 Å². The van der Waals surface area contributed by atoms with Gasteiger partial charge in [0.05, 0.1) is 18.4 Å². The van der Waals surface area contributed by atoms with E-state index in [1.807, 2.05) is 19.9 Å². The first-order chi connectivity index (χ1) is 9.38. The summed E-state index contributed by atoms with van der Waals surface area (Å²) in [5.74, 6) is 0.837. The van der Waals surface area contributed by atoms with Crippen molar-refractivity contribution in [3.63, 3.8) is 0 Å². The molecule has 1 aromatic heterocycles. The summed E-state index contributed by atoms with van der Waals surface area (Å²) < 4.78 is 42.7. The largest absolute Gasteiger partial charge is 0.468 e. The summed E-state index contributed by atoms with van der Waals surface area (Å²) in [6, 6.07) is 7.02. The van der Waals surface area contributed by atoms with Crippen LogP contribution in [0.3, 0.4) is 0 Å². The third-order valence-corrected chi connectivity index (χ3v) is 3.27. The van der Waals surface area contributed by atoms with Gasteiger partial charge in [-0.3, -0.25) is 0 Å². The van der Waals surface area contributed by atoms with Crippen LogP contribution in [-0.2, 0) is 12.7 Å². The molecule has 0 amide bonds. The van der Waals surface area contributed by atoms with Gasteiger partial charge in [-0.1, -0.05) is 12.1 Å². The van der Waals surface area contributed by atoms with Gasteiger partial charge in [-0.2, -0.15) is 13.2 Å². The summed E-state index contributed by atoms with van der Waals surface area (Å²) in [5.41, 5.74) is 1.23. The lowest BCUT2D eigenvalue weighted by atomic mass is 10.1. The molecule has 2 aromatic rings. The molecular weight excluding hydrogens is 267 g/mol. The van der Waals surface area contributed by atoms with E-state index in [2.05, 4.69) is 5.32 Å². The summed E-state index contributed by atoms with van der Waals surface area (Å²) in [5, 5.41) is 3.23. The van der Waals surface area contributed by atoms with E-state index in [0.29, 0.717) is 6.54 Å². The van der Waals surface area contributed by atoms with Gasteiger partial charge in [-0.15, -0.1) is 0 Å². The van der Waals surface area contributed by atoms with Gasteiger partial charge < -0.3 is 9.73 Å². The lowest BCUT2D eigenvalue weighted by Crippen LogP contribution is -2.18. The van der Waals surface area contributed by atoms with Gasteiger partial charge in [0.15, 0.2) is 0 Å². The van der Waals surface area contributed by atoms with E-state index < -0.39 is 11.7 Å². The maximum absolute atomic E-state index is 12.5. The molecule has 1 unspecified atom stereocenters. The van der Waals surface area contributed by atoms with Gasteiger partial charge in [0.25, 0.3) is 0 Å². The summed E-state index contributed by atoms with van der Waals surface area (Å²) in [4.78, 5) is 0. The molecule has 2 rings (SSSR count). The topological polar surface area (TPSA) is 25.2 Å². The Bertz CT molecular complexity index is 557. The van der Waals surface area contributed by atoms with E-state index in [1.54, 1.807) is 6.26 Å². The third kappa shape index (κ3) is 3.42. The zero-order valence-corrected chi connectivity index (χ0v) is 11.3. The number of hydrogen-bond donors (Lipinski definition) is 1. The van der Waals surface area contributed by atoms with Crippen LogP contribution in [0.1, 0.15) is 35.4 Å². The summed E-state index contributed by atoms with van der Waals surface area (Å²) in [6.07, 6.45) is -2.67. The summed E-state index contributed by atoms with van der Waals surface area (Å²) in [7, 11) is 0. The van der Waals surface area contributed by atoms with Crippen molar-refractivity contribution < 1.29 is 17.6 Å². The highest BCUT2D eigenvalue weighted by molar-refractivity contribution is 5.26. The maximum atomic E-state index is 12.5.